The van der Waals surface area contributed by atoms with Crippen LogP contribution in [0.25, 0.3) is 32.1 Å². The van der Waals surface area contributed by atoms with Crippen molar-refractivity contribution in [2.75, 3.05) is 30.3 Å². The Morgan fingerprint density at radius 2 is 1.69 bits per heavy atom. The van der Waals surface area contributed by atoms with Gasteiger partial charge in [0.2, 0.25) is 0 Å². The third-order valence-corrected chi connectivity index (χ3v) is 6.26. The molecule has 0 amide bonds. The Kier molecular flexibility index (Phi) is 5.85. The number of nitrogens with one attached hydrogen (secondary N) is 2. The number of benzene rings is 3. The SMILES string of the molecule is CCOc1ccc(-c2csc3ncnc(NCCNc4cccc5ccccc45)c23)cc1. The van der Waals surface area contributed by atoms with Gasteiger partial charge in [-0.2, -0.15) is 0 Å². The van der Waals surface area contributed by atoms with Gasteiger partial charge >= 0.3 is 0 Å². The Morgan fingerprint density at radius 3 is 2.56 bits per heavy atom. The van der Waals surface area contributed by atoms with E-state index in [4.69, 9.17) is 4.74 Å². The summed E-state index contributed by atoms with van der Waals surface area (Å²) >= 11 is 1.64. The molecule has 0 aliphatic heterocycles. The van der Waals surface area contributed by atoms with Crippen LogP contribution in [0.3, 0.4) is 0 Å². The molecule has 0 saturated carbocycles. The second-order valence-corrected chi connectivity index (χ2v) is 8.25. The molecule has 0 aliphatic carbocycles. The van der Waals surface area contributed by atoms with E-state index in [9.17, 15) is 0 Å². The Hall–Kier alpha value is -3.64. The number of nitrogens with zero attached hydrogens (tertiary/aromatic N) is 2. The van der Waals surface area contributed by atoms with Gasteiger partial charge in [-0.1, -0.05) is 48.5 Å². The maximum Gasteiger partial charge on any atom is 0.138 e. The number of anilines is 2. The summed E-state index contributed by atoms with van der Waals surface area (Å²) in [5.41, 5.74) is 3.41. The molecule has 5 nitrogen and oxygen atoms in total. The molecular formula is C26H24N4OS. The molecule has 5 rings (SSSR count). The standard InChI is InChI=1S/C26H24N4OS/c1-2-31-20-12-10-19(11-13-20)22-16-32-26-24(22)25(29-17-30-26)28-15-14-27-23-9-5-7-18-6-3-4-8-21(18)23/h3-13,16-17,27H,2,14-15H2,1H3,(H,28,29,30). The second kappa shape index (κ2) is 9.24. The van der Waals surface area contributed by atoms with Crippen molar-refractivity contribution in [2.45, 2.75) is 6.92 Å². The molecule has 0 unspecified atom stereocenters. The minimum absolute atomic E-state index is 0.662. The number of fused-ring (bicyclic) bond motifs is 2. The fourth-order valence-corrected chi connectivity index (χ4v) is 4.79. The lowest BCUT2D eigenvalue weighted by Gasteiger charge is -2.12. The van der Waals surface area contributed by atoms with Crippen LogP contribution < -0.4 is 15.4 Å². The summed E-state index contributed by atoms with van der Waals surface area (Å²) < 4.78 is 5.58. The highest BCUT2D eigenvalue weighted by Gasteiger charge is 2.13. The Bertz CT molecular complexity index is 1340. The number of rotatable bonds is 8. The average molecular weight is 441 g/mol. The van der Waals surface area contributed by atoms with Gasteiger partial charge in [-0.05, 0) is 36.1 Å². The van der Waals surface area contributed by atoms with E-state index >= 15 is 0 Å². The van der Waals surface area contributed by atoms with E-state index in [2.05, 4.69) is 80.6 Å². The zero-order valence-corrected chi connectivity index (χ0v) is 18.7. The quantitative estimate of drug-likeness (QED) is 0.272. The maximum absolute atomic E-state index is 5.58. The van der Waals surface area contributed by atoms with Crippen LogP contribution in [0.2, 0.25) is 0 Å². The lowest BCUT2D eigenvalue weighted by molar-refractivity contribution is 0.340. The van der Waals surface area contributed by atoms with Gasteiger partial charge in [0.15, 0.2) is 0 Å². The first-order chi connectivity index (χ1) is 15.8. The first-order valence-electron chi connectivity index (χ1n) is 10.7. The monoisotopic (exact) mass is 440 g/mol. The summed E-state index contributed by atoms with van der Waals surface area (Å²) in [6.07, 6.45) is 1.63. The Labute approximate surface area is 191 Å². The first kappa shape index (κ1) is 20.3. The minimum Gasteiger partial charge on any atom is -0.494 e. The van der Waals surface area contributed by atoms with Gasteiger partial charge in [0.25, 0.3) is 0 Å². The van der Waals surface area contributed by atoms with Crippen molar-refractivity contribution in [1.82, 2.24) is 9.97 Å². The van der Waals surface area contributed by atoms with E-state index in [1.165, 1.54) is 10.8 Å². The number of ether oxygens (including phenoxy) is 1. The summed E-state index contributed by atoms with van der Waals surface area (Å²) in [7, 11) is 0. The number of thiophene rings is 1. The summed E-state index contributed by atoms with van der Waals surface area (Å²) in [5.74, 6) is 1.74. The smallest absolute Gasteiger partial charge is 0.138 e. The highest BCUT2D eigenvalue weighted by Crippen LogP contribution is 2.37. The van der Waals surface area contributed by atoms with Crippen molar-refractivity contribution in [1.29, 1.82) is 0 Å². The Morgan fingerprint density at radius 1 is 0.875 bits per heavy atom. The van der Waals surface area contributed by atoms with Crippen LogP contribution in [0.15, 0.2) is 78.4 Å². The molecular weight excluding hydrogens is 416 g/mol. The second-order valence-electron chi connectivity index (χ2n) is 7.39. The molecule has 0 saturated heterocycles. The van der Waals surface area contributed by atoms with Crippen LogP contribution in [-0.2, 0) is 0 Å². The van der Waals surface area contributed by atoms with E-state index in [0.29, 0.717) is 6.61 Å². The predicted octanol–water partition coefficient (Wildman–Crippen LogP) is 6.43. The molecule has 6 heteroatoms. The van der Waals surface area contributed by atoms with Crippen LogP contribution >= 0.6 is 11.3 Å². The van der Waals surface area contributed by atoms with E-state index in [1.54, 1.807) is 17.7 Å². The van der Waals surface area contributed by atoms with Crippen molar-refractivity contribution in [3.05, 3.63) is 78.4 Å². The van der Waals surface area contributed by atoms with Crippen LogP contribution in [0.1, 0.15) is 6.92 Å². The van der Waals surface area contributed by atoms with E-state index in [0.717, 1.165) is 51.7 Å². The maximum atomic E-state index is 5.58. The fourth-order valence-electron chi connectivity index (χ4n) is 3.88. The van der Waals surface area contributed by atoms with Gasteiger partial charge in [0.05, 0.1) is 12.0 Å². The summed E-state index contributed by atoms with van der Waals surface area (Å²) in [6.45, 7) is 4.18. The van der Waals surface area contributed by atoms with Gasteiger partial charge in [-0.3, -0.25) is 0 Å². The molecule has 2 N–H and O–H groups in total. The van der Waals surface area contributed by atoms with Crippen LogP contribution in [0.5, 0.6) is 5.75 Å². The number of hydrogen-bond donors (Lipinski definition) is 2. The zero-order chi connectivity index (χ0) is 21.8. The molecule has 0 atom stereocenters. The molecule has 32 heavy (non-hydrogen) atoms. The largest absolute Gasteiger partial charge is 0.494 e. The summed E-state index contributed by atoms with van der Waals surface area (Å²) in [6, 6.07) is 22.9. The minimum atomic E-state index is 0.662. The van der Waals surface area contributed by atoms with Crippen LogP contribution in [0.4, 0.5) is 11.5 Å². The van der Waals surface area contributed by atoms with Gasteiger partial charge in [-0.25, -0.2) is 9.97 Å². The van der Waals surface area contributed by atoms with Crippen LogP contribution in [0, 0.1) is 0 Å². The van der Waals surface area contributed by atoms with Gasteiger partial charge in [0, 0.05) is 35.1 Å². The lowest BCUT2D eigenvalue weighted by atomic mass is 10.1. The zero-order valence-electron chi connectivity index (χ0n) is 17.8. The summed E-state index contributed by atoms with van der Waals surface area (Å²) in [4.78, 5) is 9.99. The van der Waals surface area contributed by atoms with Crippen molar-refractivity contribution in [3.8, 4) is 16.9 Å². The van der Waals surface area contributed by atoms with Crippen molar-refractivity contribution in [3.63, 3.8) is 0 Å². The van der Waals surface area contributed by atoms with E-state index in [1.807, 2.05) is 19.1 Å². The van der Waals surface area contributed by atoms with E-state index < -0.39 is 0 Å². The first-order valence-corrected chi connectivity index (χ1v) is 11.6. The fraction of sp³-hybridized carbons (Fsp3) is 0.154. The predicted molar refractivity (Wildman–Crippen MR) is 135 cm³/mol. The van der Waals surface area contributed by atoms with E-state index in [-0.39, 0.29) is 0 Å². The van der Waals surface area contributed by atoms with Crippen molar-refractivity contribution < 1.29 is 4.74 Å². The molecule has 0 fully saturated rings. The van der Waals surface area contributed by atoms with Crippen LogP contribution in [-0.4, -0.2) is 29.7 Å². The van der Waals surface area contributed by atoms with Gasteiger partial charge in [-0.15, -0.1) is 11.3 Å². The molecule has 5 aromatic rings. The molecule has 0 bridgehead atoms. The molecule has 0 radical (unpaired) electrons. The molecule has 0 aliphatic rings. The van der Waals surface area contributed by atoms with Gasteiger partial charge in [0.1, 0.15) is 22.7 Å². The molecule has 2 heterocycles. The molecule has 0 spiro atoms. The summed E-state index contributed by atoms with van der Waals surface area (Å²) in [5, 5.41) is 12.7. The molecule has 3 aromatic carbocycles. The highest BCUT2D eigenvalue weighted by molar-refractivity contribution is 7.17. The third-order valence-electron chi connectivity index (χ3n) is 5.37. The average Bonchev–Trinajstić information content (AvgIpc) is 3.28. The van der Waals surface area contributed by atoms with Gasteiger partial charge < -0.3 is 15.4 Å². The normalized spacial score (nSPS) is 11.0. The number of hydrogen-bond acceptors (Lipinski definition) is 6. The highest BCUT2D eigenvalue weighted by atomic mass is 32.1. The molecule has 2 aromatic heterocycles. The Balaban J connectivity index is 1.33. The number of aromatic nitrogens is 2. The van der Waals surface area contributed by atoms with Crippen molar-refractivity contribution in [2.24, 2.45) is 0 Å². The molecule has 160 valence electrons. The topological polar surface area (TPSA) is 59.1 Å². The third kappa shape index (κ3) is 4.09. The lowest BCUT2D eigenvalue weighted by Crippen LogP contribution is -2.14. The van der Waals surface area contributed by atoms with Crippen molar-refractivity contribution >= 4 is 43.8 Å².